The normalized spacial score (nSPS) is 27.3. The lowest BCUT2D eigenvalue weighted by Crippen LogP contribution is -2.02. The summed E-state index contributed by atoms with van der Waals surface area (Å²) in [7, 11) is 1.47. The number of rotatable bonds is 1. The number of aliphatic hydroxyl groups is 2. The van der Waals surface area contributed by atoms with E-state index in [-0.39, 0.29) is 5.76 Å². The molecular formula is C8H8O3. The first-order valence-corrected chi connectivity index (χ1v) is 3.33. The van der Waals surface area contributed by atoms with Crippen LogP contribution in [0.5, 0.6) is 0 Å². The minimum Gasteiger partial charge on any atom is -0.504 e. The Balaban J connectivity index is 2.56. The molecule has 0 amide bonds. The van der Waals surface area contributed by atoms with Crippen LogP contribution in [0.15, 0.2) is 34.8 Å². The van der Waals surface area contributed by atoms with Crippen molar-refractivity contribution in [1.29, 1.82) is 0 Å². The maximum Gasteiger partial charge on any atom is 0.167 e. The van der Waals surface area contributed by atoms with Gasteiger partial charge in [-0.3, -0.25) is 0 Å². The van der Waals surface area contributed by atoms with Gasteiger partial charge in [0.15, 0.2) is 11.5 Å². The Bertz CT molecular complexity index is 296. The van der Waals surface area contributed by atoms with Crippen LogP contribution in [0, 0.1) is 0 Å². The van der Waals surface area contributed by atoms with Gasteiger partial charge in [0.25, 0.3) is 0 Å². The van der Waals surface area contributed by atoms with E-state index >= 15 is 0 Å². The lowest BCUT2D eigenvalue weighted by molar-refractivity contribution is 0.247. The van der Waals surface area contributed by atoms with E-state index in [1.807, 2.05) is 0 Å². The average Bonchev–Trinajstić information content (AvgIpc) is 2.44. The summed E-state index contributed by atoms with van der Waals surface area (Å²) in [5.74, 6) is 0.465. The molecule has 2 rings (SSSR count). The molecule has 3 nitrogen and oxygen atoms in total. The zero-order valence-electron chi connectivity index (χ0n) is 6.03. The third kappa shape index (κ3) is 0.607. The molecule has 2 bridgehead atoms. The monoisotopic (exact) mass is 152 g/mol. The molecule has 0 aromatic carbocycles. The summed E-state index contributed by atoms with van der Waals surface area (Å²) in [5, 5.41) is 18.7. The number of hydrogen-bond donors (Lipinski definition) is 2. The van der Waals surface area contributed by atoms with E-state index in [1.54, 1.807) is 12.2 Å². The SMILES string of the molecule is COC1=C2C=CC(=C1O)C2O. The van der Waals surface area contributed by atoms with E-state index in [0.29, 0.717) is 16.9 Å². The van der Waals surface area contributed by atoms with Crippen molar-refractivity contribution < 1.29 is 14.9 Å². The van der Waals surface area contributed by atoms with Crippen LogP contribution in [-0.4, -0.2) is 23.4 Å². The van der Waals surface area contributed by atoms with Gasteiger partial charge in [0.1, 0.15) is 6.10 Å². The van der Waals surface area contributed by atoms with Crippen molar-refractivity contribution >= 4 is 0 Å². The fourth-order valence-electron chi connectivity index (χ4n) is 1.42. The third-order valence-corrected chi connectivity index (χ3v) is 1.99. The first-order valence-electron chi connectivity index (χ1n) is 3.33. The predicted octanol–water partition coefficient (Wildman–Crippen LogP) is 0.643. The lowest BCUT2D eigenvalue weighted by atomic mass is 10.2. The molecule has 2 aliphatic carbocycles. The van der Waals surface area contributed by atoms with Crippen molar-refractivity contribution in [2.75, 3.05) is 7.11 Å². The highest BCUT2D eigenvalue weighted by Crippen LogP contribution is 2.37. The number of fused-ring (bicyclic) bond motifs is 2. The Hall–Kier alpha value is -1.22. The van der Waals surface area contributed by atoms with E-state index < -0.39 is 6.10 Å². The van der Waals surface area contributed by atoms with Crippen LogP contribution in [0.4, 0.5) is 0 Å². The summed E-state index contributed by atoms with van der Waals surface area (Å²) in [6, 6.07) is 0. The van der Waals surface area contributed by atoms with Crippen molar-refractivity contribution in [3.63, 3.8) is 0 Å². The molecule has 3 heteroatoms. The Kier molecular flexibility index (Phi) is 1.11. The van der Waals surface area contributed by atoms with Gasteiger partial charge in [-0.05, 0) is 0 Å². The minimum atomic E-state index is -0.676. The Morgan fingerprint density at radius 1 is 1.36 bits per heavy atom. The molecule has 58 valence electrons. The second-order valence-corrected chi connectivity index (χ2v) is 2.53. The second kappa shape index (κ2) is 1.89. The highest BCUT2D eigenvalue weighted by Gasteiger charge is 2.34. The first kappa shape index (κ1) is 6.49. The topological polar surface area (TPSA) is 49.7 Å². The largest absolute Gasteiger partial charge is 0.504 e. The molecule has 0 saturated heterocycles. The smallest absolute Gasteiger partial charge is 0.167 e. The number of ether oxygens (including phenoxy) is 1. The molecule has 0 aliphatic heterocycles. The lowest BCUT2D eigenvalue weighted by Gasteiger charge is -2.03. The van der Waals surface area contributed by atoms with Gasteiger partial charge in [-0.25, -0.2) is 0 Å². The van der Waals surface area contributed by atoms with Crippen LogP contribution in [0.3, 0.4) is 0 Å². The summed E-state index contributed by atoms with van der Waals surface area (Å²) >= 11 is 0. The molecule has 0 aromatic heterocycles. The summed E-state index contributed by atoms with van der Waals surface area (Å²) in [5.41, 5.74) is 1.19. The molecule has 0 saturated carbocycles. The van der Waals surface area contributed by atoms with E-state index in [0.717, 1.165) is 0 Å². The van der Waals surface area contributed by atoms with Gasteiger partial charge in [-0.1, -0.05) is 12.2 Å². The highest BCUT2D eigenvalue weighted by molar-refractivity contribution is 5.59. The summed E-state index contributed by atoms with van der Waals surface area (Å²) in [6.45, 7) is 0. The van der Waals surface area contributed by atoms with Crippen LogP contribution in [0.1, 0.15) is 0 Å². The first-order chi connectivity index (χ1) is 5.25. The van der Waals surface area contributed by atoms with Gasteiger partial charge in [0.05, 0.1) is 7.11 Å². The predicted molar refractivity (Wildman–Crippen MR) is 38.8 cm³/mol. The zero-order valence-corrected chi connectivity index (χ0v) is 6.03. The van der Waals surface area contributed by atoms with Crippen molar-refractivity contribution in [3.05, 3.63) is 34.8 Å². The molecule has 0 fully saturated rings. The zero-order chi connectivity index (χ0) is 8.01. The third-order valence-electron chi connectivity index (χ3n) is 1.99. The van der Waals surface area contributed by atoms with E-state index in [9.17, 15) is 10.2 Å². The summed E-state index contributed by atoms with van der Waals surface area (Å²) in [6.07, 6.45) is 2.76. The number of methoxy groups -OCH3 is 1. The standard InChI is InChI=1S/C8H8O3/c1-11-8-5-3-2-4(6(5)9)7(8)10/h2-3,6,9-10H,1H3. The molecule has 2 N–H and O–H groups in total. The Morgan fingerprint density at radius 2 is 2.00 bits per heavy atom. The minimum absolute atomic E-state index is 0.0671. The molecule has 11 heavy (non-hydrogen) atoms. The van der Waals surface area contributed by atoms with Crippen LogP contribution in [0.2, 0.25) is 0 Å². The van der Waals surface area contributed by atoms with Crippen molar-refractivity contribution in [2.24, 2.45) is 0 Å². The maximum atomic E-state index is 9.38. The summed E-state index contributed by atoms with van der Waals surface area (Å²) in [4.78, 5) is 0. The quantitative estimate of drug-likeness (QED) is 0.579. The van der Waals surface area contributed by atoms with Crippen molar-refractivity contribution in [2.45, 2.75) is 6.10 Å². The van der Waals surface area contributed by atoms with E-state index in [1.165, 1.54) is 7.11 Å². The molecule has 2 aliphatic rings. The van der Waals surface area contributed by atoms with Gasteiger partial charge >= 0.3 is 0 Å². The van der Waals surface area contributed by atoms with E-state index in [4.69, 9.17) is 4.74 Å². The number of aliphatic hydroxyl groups excluding tert-OH is 2. The Morgan fingerprint density at radius 3 is 2.36 bits per heavy atom. The molecule has 0 spiro atoms. The van der Waals surface area contributed by atoms with Crippen LogP contribution in [-0.2, 0) is 4.74 Å². The van der Waals surface area contributed by atoms with Crippen LogP contribution < -0.4 is 0 Å². The van der Waals surface area contributed by atoms with Gasteiger partial charge < -0.3 is 14.9 Å². The Labute approximate surface area is 63.9 Å². The average molecular weight is 152 g/mol. The molecule has 0 radical (unpaired) electrons. The maximum absolute atomic E-state index is 9.38. The fourth-order valence-corrected chi connectivity index (χ4v) is 1.42. The molecular weight excluding hydrogens is 144 g/mol. The van der Waals surface area contributed by atoms with Gasteiger partial charge in [-0.2, -0.15) is 0 Å². The molecule has 0 aromatic rings. The van der Waals surface area contributed by atoms with Gasteiger partial charge in [0, 0.05) is 11.1 Å². The molecule has 1 atom stereocenters. The van der Waals surface area contributed by atoms with Crippen molar-refractivity contribution in [1.82, 2.24) is 0 Å². The van der Waals surface area contributed by atoms with E-state index in [2.05, 4.69) is 0 Å². The fraction of sp³-hybridized carbons (Fsp3) is 0.250. The number of hydrogen-bond acceptors (Lipinski definition) is 3. The second-order valence-electron chi connectivity index (χ2n) is 2.53. The van der Waals surface area contributed by atoms with Gasteiger partial charge in [-0.15, -0.1) is 0 Å². The molecule has 0 heterocycles. The summed E-state index contributed by atoms with van der Waals surface area (Å²) < 4.78 is 4.89. The van der Waals surface area contributed by atoms with Crippen LogP contribution in [0.25, 0.3) is 0 Å². The highest BCUT2D eigenvalue weighted by atomic mass is 16.5. The van der Waals surface area contributed by atoms with Crippen molar-refractivity contribution in [3.8, 4) is 0 Å². The van der Waals surface area contributed by atoms with Gasteiger partial charge in [0.2, 0.25) is 0 Å². The van der Waals surface area contributed by atoms with Crippen LogP contribution >= 0.6 is 0 Å². The molecule has 1 unspecified atom stereocenters.